The maximum absolute atomic E-state index is 15.0. The molecule has 0 radical (unpaired) electrons. The molecule has 31 heavy (non-hydrogen) atoms. The summed E-state index contributed by atoms with van der Waals surface area (Å²) in [5.74, 6) is -1.07. The van der Waals surface area contributed by atoms with E-state index in [0.29, 0.717) is 17.9 Å². The van der Waals surface area contributed by atoms with Gasteiger partial charge in [-0.25, -0.2) is 18.8 Å². The molecule has 1 heterocycles. The molecule has 1 aromatic rings. The fourth-order valence-electron chi connectivity index (χ4n) is 2.86. The molecule has 0 saturated carbocycles. The van der Waals surface area contributed by atoms with Crippen LogP contribution in [0.15, 0.2) is 22.8 Å². The fraction of sp³-hybridized carbons (Fsp3) is 0.591. The Hall–Kier alpha value is -1.42. The average molecular weight is 456 g/mol. The molecule has 9 heteroatoms. The van der Waals surface area contributed by atoms with Crippen LogP contribution in [-0.4, -0.2) is 62.4 Å². The monoisotopic (exact) mass is 456 g/mol. The van der Waals surface area contributed by atoms with Crippen LogP contribution in [0, 0.1) is 11.6 Å². The molecule has 0 bridgehead atoms. The predicted octanol–water partition coefficient (Wildman–Crippen LogP) is 3.69. The van der Waals surface area contributed by atoms with Gasteiger partial charge in [0.15, 0.2) is 11.6 Å². The number of nitrogens with zero attached hydrogens (tertiary/aromatic N) is 1. The summed E-state index contributed by atoms with van der Waals surface area (Å²) in [6.45, 7) is 9.77. The number of ether oxygens (including phenoxy) is 1. The molecule has 174 valence electrons. The van der Waals surface area contributed by atoms with E-state index < -0.39 is 40.0 Å². The van der Waals surface area contributed by atoms with Crippen molar-refractivity contribution in [2.24, 2.45) is 10.7 Å². The van der Waals surface area contributed by atoms with Crippen LogP contribution in [0.2, 0.25) is 0 Å². The Morgan fingerprint density at radius 3 is 2.23 bits per heavy atom. The average Bonchev–Trinajstić information content (AvgIpc) is 2.83. The van der Waals surface area contributed by atoms with Gasteiger partial charge in [0.05, 0.1) is 17.8 Å². The molecular formula is C22H35BF2N2O3S. The summed E-state index contributed by atoms with van der Waals surface area (Å²) in [6, 6.07) is 2.94. The molecule has 0 aliphatic carbocycles. The van der Waals surface area contributed by atoms with Crippen LogP contribution >= 0.6 is 10.0 Å². The molecule has 2 N–H and O–H groups in total. The standard InChI is InChI=1S/C22H35BF2N2O3S/c1-15(26)17(13-27-14-28-11-12-31(6,7)8)16-9-10-18(20(25)19(16)24)23-29-21(2,3)22(4,5)30-23/h9-10,13H,11-12,14,26H2,1-8H3/b17-15+,27-13+. The van der Waals surface area contributed by atoms with Gasteiger partial charge in [-0.1, -0.05) is 12.1 Å². The minimum Gasteiger partial charge on any atom is -0.402 e. The largest absolute Gasteiger partial charge is 0.497 e. The van der Waals surface area contributed by atoms with Crippen molar-refractivity contribution < 1.29 is 22.8 Å². The van der Waals surface area contributed by atoms with E-state index in [9.17, 15) is 4.39 Å². The molecule has 0 atom stereocenters. The summed E-state index contributed by atoms with van der Waals surface area (Å²) in [5.41, 5.74) is 5.29. The lowest BCUT2D eigenvalue weighted by atomic mass is 9.77. The zero-order chi connectivity index (χ0) is 23.6. The van der Waals surface area contributed by atoms with E-state index in [1.165, 1.54) is 18.3 Å². The van der Waals surface area contributed by atoms with Gasteiger partial charge in [0.25, 0.3) is 0 Å². The topological polar surface area (TPSA) is 66.1 Å². The number of halogens is 2. The normalized spacial score (nSPS) is 19.7. The van der Waals surface area contributed by atoms with Crippen molar-refractivity contribution in [1.29, 1.82) is 0 Å². The van der Waals surface area contributed by atoms with E-state index in [2.05, 4.69) is 23.8 Å². The van der Waals surface area contributed by atoms with E-state index in [0.717, 1.165) is 5.75 Å². The Balaban J connectivity index is 2.19. The lowest BCUT2D eigenvalue weighted by Crippen LogP contribution is -2.41. The number of nitrogens with two attached hydrogens (primary N) is 1. The number of rotatable bonds is 8. The van der Waals surface area contributed by atoms with Crippen molar-refractivity contribution in [2.45, 2.75) is 45.8 Å². The zero-order valence-corrected chi connectivity index (χ0v) is 20.7. The smallest absolute Gasteiger partial charge is 0.402 e. The maximum Gasteiger partial charge on any atom is 0.497 e. The third kappa shape index (κ3) is 6.31. The van der Waals surface area contributed by atoms with Crippen LogP contribution in [0.5, 0.6) is 0 Å². The molecule has 2 rings (SSSR count). The first-order valence-electron chi connectivity index (χ1n) is 10.2. The molecule has 1 fully saturated rings. The van der Waals surface area contributed by atoms with E-state index in [1.807, 2.05) is 27.7 Å². The molecule has 1 aliphatic rings. The summed E-state index contributed by atoms with van der Waals surface area (Å²) in [6.07, 6.45) is 8.06. The lowest BCUT2D eigenvalue weighted by molar-refractivity contribution is 0.00578. The quantitative estimate of drug-likeness (QED) is 0.368. The highest BCUT2D eigenvalue weighted by Crippen LogP contribution is 2.37. The summed E-state index contributed by atoms with van der Waals surface area (Å²) in [7, 11) is -1.63. The molecule has 1 aliphatic heterocycles. The molecule has 0 unspecified atom stereocenters. The van der Waals surface area contributed by atoms with Crippen LogP contribution in [0.4, 0.5) is 8.78 Å². The SMILES string of the molecule is C/C(N)=C(/C=N/COCCS(C)(C)C)c1ccc(B2OC(C)(C)C(C)(C)O2)c(F)c1F. The number of allylic oxidation sites excluding steroid dienone is 2. The zero-order valence-electron chi connectivity index (χ0n) is 19.8. The summed E-state index contributed by atoms with van der Waals surface area (Å²) in [5, 5.41) is 0. The second-order valence-corrected chi connectivity index (χ2v) is 14.2. The van der Waals surface area contributed by atoms with Crippen LogP contribution in [0.1, 0.15) is 40.2 Å². The Morgan fingerprint density at radius 2 is 1.71 bits per heavy atom. The lowest BCUT2D eigenvalue weighted by Gasteiger charge is -2.32. The van der Waals surface area contributed by atoms with Gasteiger partial charge < -0.3 is 19.8 Å². The summed E-state index contributed by atoms with van der Waals surface area (Å²) >= 11 is 0. The molecule has 1 aromatic carbocycles. The van der Waals surface area contributed by atoms with Gasteiger partial charge in [0, 0.05) is 34.3 Å². The second kappa shape index (κ2) is 9.61. The minimum atomic E-state index is -1.02. The molecule has 1 saturated heterocycles. The Labute approximate surface area is 186 Å². The van der Waals surface area contributed by atoms with Crippen molar-refractivity contribution in [1.82, 2.24) is 0 Å². The van der Waals surface area contributed by atoms with Crippen molar-refractivity contribution >= 4 is 34.4 Å². The molecule has 0 spiro atoms. The highest BCUT2D eigenvalue weighted by atomic mass is 32.3. The fourth-order valence-corrected chi connectivity index (χ4v) is 3.48. The highest BCUT2D eigenvalue weighted by Gasteiger charge is 2.52. The Kier molecular flexibility index (Phi) is 8.01. The number of aliphatic imine (C=N–C) groups is 1. The van der Waals surface area contributed by atoms with Crippen molar-refractivity contribution in [3.63, 3.8) is 0 Å². The van der Waals surface area contributed by atoms with E-state index >= 15 is 4.39 Å². The van der Waals surface area contributed by atoms with E-state index in [4.69, 9.17) is 19.8 Å². The van der Waals surface area contributed by atoms with Crippen molar-refractivity contribution in [3.8, 4) is 0 Å². The van der Waals surface area contributed by atoms with Gasteiger partial charge in [0.2, 0.25) is 0 Å². The van der Waals surface area contributed by atoms with Crippen LogP contribution in [0.3, 0.4) is 0 Å². The van der Waals surface area contributed by atoms with Gasteiger partial charge in [-0.2, -0.15) is 0 Å². The van der Waals surface area contributed by atoms with Gasteiger partial charge in [0.1, 0.15) is 6.73 Å². The van der Waals surface area contributed by atoms with E-state index in [-0.39, 0.29) is 17.8 Å². The first-order valence-corrected chi connectivity index (χ1v) is 13.2. The Morgan fingerprint density at radius 1 is 1.13 bits per heavy atom. The molecule has 5 nitrogen and oxygen atoms in total. The molecule has 0 amide bonds. The Bertz CT molecular complexity index is 847. The summed E-state index contributed by atoms with van der Waals surface area (Å²) < 4.78 is 47.2. The first-order chi connectivity index (χ1) is 14.2. The third-order valence-corrected chi connectivity index (χ3v) is 6.95. The maximum atomic E-state index is 15.0. The number of benzene rings is 1. The minimum absolute atomic E-state index is 0.0128. The highest BCUT2D eigenvalue weighted by molar-refractivity contribution is 8.32. The molecular weight excluding hydrogens is 421 g/mol. The number of hydrogen-bond donors (Lipinski definition) is 1. The van der Waals surface area contributed by atoms with Gasteiger partial charge in [-0.05, 0) is 53.4 Å². The van der Waals surface area contributed by atoms with E-state index in [1.54, 1.807) is 6.92 Å². The number of hydrogen-bond acceptors (Lipinski definition) is 5. The first kappa shape index (κ1) is 25.8. The van der Waals surface area contributed by atoms with Gasteiger partial charge in [-0.3, -0.25) is 4.99 Å². The third-order valence-electron chi connectivity index (χ3n) is 5.56. The molecule has 0 aromatic heterocycles. The van der Waals surface area contributed by atoms with Crippen molar-refractivity contribution in [3.05, 3.63) is 35.0 Å². The van der Waals surface area contributed by atoms with Crippen LogP contribution in [0.25, 0.3) is 5.57 Å². The predicted molar refractivity (Wildman–Crippen MR) is 128 cm³/mol. The van der Waals surface area contributed by atoms with Gasteiger partial charge in [-0.15, -0.1) is 0 Å². The second-order valence-electron chi connectivity index (χ2n) is 9.66. The summed E-state index contributed by atoms with van der Waals surface area (Å²) in [4.78, 5) is 4.18. The van der Waals surface area contributed by atoms with Crippen LogP contribution < -0.4 is 11.2 Å². The van der Waals surface area contributed by atoms with Crippen molar-refractivity contribution in [2.75, 3.05) is 37.9 Å². The van der Waals surface area contributed by atoms with Crippen LogP contribution in [-0.2, 0) is 14.0 Å². The van der Waals surface area contributed by atoms with Gasteiger partial charge >= 0.3 is 7.12 Å².